The third kappa shape index (κ3) is 2.23. The van der Waals surface area contributed by atoms with E-state index in [0.717, 1.165) is 0 Å². The van der Waals surface area contributed by atoms with Gasteiger partial charge < -0.3 is 4.43 Å². The molecule has 0 radical (unpaired) electrons. The lowest BCUT2D eigenvalue weighted by Gasteiger charge is -2.07. The largest absolute Gasteiger partial charge is 0.405 e. The maximum atomic E-state index is 5.48. The highest BCUT2D eigenvalue weighted by Gasteiger charge is 2.08. The van der Waals surface area contributed by atoms with Gasteiger partial charge in [0.1, 0.15) is 0 Å². The van der Waals surface area contributed by atoms with Crippen molar-refractivity contribution in [1.29, 1.82) is 0 Å². The van der Waals surface area contributed by atoms with Crippen LogP contribution in [0, 0.1) is 12.0 Å². The molecule has 1 nitrogen and oxygen atoms in total. The first kappa shape index (κ1) is 9.05. The zero-order chi connectivity index (χ0) is 8.81. The van der Waals surface area contributed by atoms with E-state index in [0.29, 0.717) is 6.61 Å². The van der Waals surface area contributed by atoms with Gasteiger partial charge in [-0.3, -0.25) is 0 Å². The summed E-state index contributed by atoms with van der Waals surface area (Å²) >= 11 is 0. The van der Waals surface area contributed by atoms with E-state index in [4.69, 9.17) is 10.8 Å². The lowest BCUT2D eigenvalue weighted by Crippen LogP contribution is -2.31. The normalized spacial score (nSPS) is 12.0. The van der Waals surface area contributed by atoms with E-state index in [2.05, 4.69) is 5.54 Å². The molecule has 0 heterocycles. The van der Waals surface area contributed by atoms with Crippen LogP contribution in [-0.4, -0.2) is 15.6 Å². The second-order valence-electron chi connectivity index (χ2n) is 2.41. The first-order valence-corrected chi connectivity index (χ1v) is 5.63. The van der Waals surface area contributed by atoms with Crippen molar-refractivity contribution in [2.45, 2.75) is 6.92 Å². The predicted molar refractivity (Wildman–Crippen MR) is 53.7 cm³/mol. The minimum atomic E-state index is -1.54. The van der Waals surface area contributed by atoms with Crippen molar-refractivity contribution in [1.82, 2.24) is 0 Å². The summed E-state index contributed by atoms with van der Waals surface area (Å²) < 4.78 is 5.48. The Kier molecular flexibility index (Phi) is 3.59. The summed E-state index contributed by atoms with van der Waals surface area (Å²) in [6, 6.07) is 10.0. The maximum Gasteiger partial charge on any atom is 0.287 e. The summed E-state index contributed by atoms with van der Waals surface area (Å²) in [7, 11) is -1.54. The Labute approximate surface area is 75.1 Å². The standard InChI is InChI=1S/C10H12OSi/c1-3-11-12(4-2)10-8-6-5-7-9-10/h2,5-9,12H,3H2,1H3. The zero-order valence-electron chi connectivity index (χ0n) is 7.16. The molecule has 0 spiro atoms. The molecule has 0 aliphatic carbocycles. The summed E-state index contributed by atoms with van der Waals surface area (Å²) in [5.74, 6) is 0. The van der Waals surface area contributed by atoms with Crippen molar-refractivity contribution in [2.75, 3.05) is 6.61 Å². The first-order chi connectivity index (χ1) is 5.88. The number of hydrogen-bond acceptors (Lipinski definition) is 1. The molecule has 1 aromatic carbocycles. The summed E-state index contributed by atoms with van der Waals surface area (Å²) in [5.41, 5.74) is 2.74. The number of rotatable bonds is 3. The topological polar surface area (TPSA) is 9.23 Å². The van der Waals surface area contributed by atoms with E-state index >= 15 is 0 Å². The van der Waals surface area contributed by atoms with Crippen LogP contribution in [-0.2, 0) is 4.43 Å². The molecule has 0 aromatic heterocycles. The van der Waals surface area contributed by atoms with Gasteiger partial charge >= 0.3 is 0 Å². The van der Waals surface area contributed by atoms with E-state index in [-0.39, 0.29) is 0 Å². The van der Waals surface area contributed by atoms with Crippen LogP contribution in [0.5, 0.6) is 0 Å². The lowest BCUT2D eigenvalue weighted by molar-refractivity contribution is 0.358. The number of benzene rings is 1. The summed E-state index contributed by atoms with van der Waals surface area (Å²) in [6.07, 6.45) is 5.38. The zero-order valence-corrected chi connectivity index (χ0v) is 8.31. The fraction of sp³-hybridized carbons (Fsp3) is 0.200. The van der Waals surface area contributed by atoms with Crippen LogP contribution in [0.4, 0.5) is 0 Å². The van der Waals surface area contributed by atoms with Crippen LogP contribution in [0.25, 0.3) is 0 Å². The molecule has 0 saturated heterocycles. The molecule has 1 atom stereocenters. The van der Waals surface area contributed by atoms with Crippen molar-refractivity contribution in [3.05, 3.63) is 30.3 Å². The summed E-state index contributed by atoms with van der Waals surface area (Å²) in [5, 5.41) is 1.18. The Bertz CT molecular complexity index is 263. The Hall–Kier alpha value is -1.04. The van der Waals surface area contributed by atoms with Crippen LogP contribution in [0.15, 0.2) is 30.3 Å². The van der Waals surface area contributed by atoms with E-state index in [1.165, 1.54) is 5.19 Å². The Morgan fingerprint density at radius 1 is 1.42 bits per heavy atom. The Morgan fingerprint density at radius 3 is 2.58 bits per heavy atom. The molecule has 62 valence electrons. The molecular weight excluding hydrogens is 164 g/mol. The first-order valence-electron chi connectivity index (χ1n) is 4.01. The highest BCUT2D eigenvalue weighted by Crippen LogP contribution is 1.89. The highest BCUT2D eigenvalue weighted by atomic mass is 28.3. The van der Waals surface area contributed by atoms with Crippen molar-refractivity contribution in [3.8, 4) is 12.0 Å². The molecule has 0 amide bonds. The van der Waals surface area contributed by atoms with Gasteiger partial charge in [-0.1, -0.05) is 35.9 Å². The molecule has 0 bridgehead atoms. The minimum Gasteiger partial charge on any atom is -0.405 e. The Morgan fingerprint density at radius 2 is 2.08 bits per heavy atom. The molecular formula is C10H12OSi. The lowest BCUT2D eigenvalue weighted by atomic mass is 10.4. The number of hydrogen-bond donors (Lipinski definition) is 0. The second kappa shape index (κ2) is 4.76. The van der Waals surface area contributed by atoms with Crippen LogP contribution < -0.4 is 5.19 Å². The van der Waals surface area contributed by atoms with Crippen molar-refractivity contribution < 1.29 is 4.43 Å². The molecule has 0 N–H and O–H groups in total. The van der Waals surface area contributed by atoms with Crippen LogP contribution in [0.2, 0.25) is 0 Å². The van der Waals surface area contributed by atoms with E-state index in [1.54, 1.807) is 0 Å². The van der Waals surface area contributed by atoms with Gasteiger partial charge in [0.25, 0.3) is 9.04 Å². The van der Waals surface area contributed by atoms with Gasteiger partial charge in [-0.2, -0.15) is 0 Å². The molecule has 12 heavy (non-hydrogen) atoms. The van der Waals surface area contributed by atoms with E-state index < -0.39 is 9.04 Å². The quantitative estimate of drug-likeness (QED) is 0.489. The van der Waals surface area contributed by atoms with Crippen molar-refractivity contribution in [3.63, 3.8) is 0 Å². The van der Waals surface area contributed by atoms with Gasteiger partial charge in [0.05, 0.1) is 0 Å². The molecule has 1 rings (SSSR count). The minimum absolute atomic E-state index is 0.704. The van der Waals surface area contributed by atoms with Gasteiger partial charge in [0, 0.05) is 6.61 Å². The summed E-state index contributed by atoms with van der Waals surface area (Å²) in [4.78, 5) is 0. The molecule has 0 fully saturated rings. The average molecular weight is 176 g/mol. The maximum absolute atomic E-state index is 5.48. The predicted octanol–water partition coefficient (Wildman–Crippen LogP) is 0.826. The summed E-state index contributed by atoms with van der Waals surface area (Å²) in [6.45, 7) is 2.68. The molecule has 0 saturated carbocycles. The monoisotopic (exact) mass is 176 g/mol. The molecule has 0 aliphatic rings. The van der Waals surface area contributed by atoms with Gasteiger partial charge in [-0.25, -0.2) is 0 Å². The van der Waals surface area contributed by atoms with Crippen LogP contribution >= 0.6 is 0 Å². The van der Waals surface area contributed by atoms with Gasteiger partial charge in [0.2, 0.25) is 0 Å². The van der Waals surface area contributed by atoms with Gasteiger partial charge in [-0.15, -0.1) is 6.42 Å². The van der Waals surface area contributed by atoms with Crippen LogP contribution in [0.1, 0.15) is 6.92 Å². The van der Waals surface area contributed by atoms with Gasteiger partial charge in [-0.05, 0) is 12.1 Å². The Balaban J connectivity index is 2.75. The third-order valence-electron chi connectivity index (χ3n) is 1.59. The smallest absolute Gasteiger partial charge is 0.287 e. The van der Waals surface area contributed by atoms with Crippen molar-refractivity contribution in [2.24, 2.45) is 0 Å². The third-order valence-corrected chi connectivity index (χ3v) is 3.55. The highest BCUT2D eigenvalue weighted by molar-refractivity contribution is 6.74. The average Bonchev–Trinajstić information content (AvgIpc) is 2.15. The molecule has 0 aliphatic heterocycles. The fourth-order valence-electron chi connectivity index (χ4n) is 1.04. The fourth-order valence-corrected chi connectivity index (χ4v) is 2.42. The van der Waals surface area contributed by atoms with Crippen LogP contribution in [0.3, 0.4) is 0 Å². The van der Waals surface area contributed by atoms with Gasteiger partial charge in [0.15, 0.2) is 0 Å². The number of terminal acetylenes is 1. The second-order valence-corrected chi connectivity index (χ2v) is 4.51. The van der Waals surface area contributed by atoms with E-state index in [1.807, 2.05) is 37.3 Å². The molecule has 1 unspecified atom stereocenters. The molecule has 1 aromatic rings. The SMILES string of the molecule is C#C[SiH](OCC)c1ccccc1. The van der Waals surface area contributed by atoms with E-state index in [9.17, 15) is 0 Å². The molecule has 2 heteroatoms. The van der Waals surface area contributed by atoms with Crippen molar-refractivity contribution >= 4 is 14.2 Å².